The van der Waals surface area contributed by atoms with E-state index >= 15 is 0 Å². The molecule has 0 bridgehead atoms. The van der Waals surface area contributed by atoms with Crippen molar-refractivity contribution >= 4 is 26.0 Å². The summed E-state index contributed by atoms with van der Waals surface area (Å²) in [6.07, 6.45) is 0. The molecule has 0 rings (SSSR count). The van der Waals surface area contributed by atoms with Gasteiger partial charge in [-0.25, -0.2) is 4.57 Å². The number of hydrogen-bond acceptors (Lipinski definition) is 1. The Morgan fingerprint density at radius 2 is 1.67 bits per heavy atom. The zero-order chi connectivity index (χ0) is 2.71. The number of hydrogen-bond donors (Lipinski definition) is 1. The van der Waals surface area contributed by atoms with Gasteiger partial charge in [0.05, 0.1) is 17.4 Å². The molecule has 0 unspecified atom stereocenters. The first-order chi connectivity index (χ1) is 1.41. The molecule has 28 valence electrons. The van der Waals surface area contributed by atoms with Crippen LogP contribution in [0.2, 0.25) is 0 Å². The Morgan fingerprint density at radius 1 is 1.67 bits per heavy atom. The van der Waals surface area contributed by atoms with Crippen LogP contribution >= 0.6 is 8.69 Å². The third-order valence-electron chi connectivity index (χ3n) is 0. The van der Waals surface area contributed by atoms with E-state index in [0.29, 0.717) is 0 Å². The van der Waals surface area contributed by atoms with Crippen molar-refractivity contribution in [3.8, 4) is 0 Å². The zero-order valence-corrected chi connectivity index (χ0v) is 7.38. The fourth-order valence-electron chi connectivity index (χ4n) is 0. The SMILES string of the molecule is O=PO.[AlH].[H-].[Li+].[Ti]. The molecule has 0 aromatic rings. The van der Waals surface area contributed by atoms with E-state index in [1.54, 1.807) is 0 Å². The van der Waals surface area contributed by atoms with Gasteiger partial charge in [-0.05, 0) is 0 Å². The van der Waals surface area contributed by atoms with Crippen molar-refractivity contribution in [2.75, 3.05) is 0 Å². The van der Waals surface area contributed by atoms with Crippen LogP contribution in [0.3, 0.4) is 0 Å². The minimum Gasteiger partial charge on any atom is -1.00 e. The van der Waals surface area contributed by atoms with Crippen molar-refractivity contribution < 1.29 is 51.5 Å². The summed E-state index contributed by atoms with van der Waals surface area (Å²) in [6, 6.07) is 0. The maximum Gasteiger partial charge on any atom is 1.00 e. The molecule has 2 radical (unpaired) electrons. The van der Waals surface area contributed by atoms with Gasteiger partial charge >= 0.3 is 27.5 Å². The van der Waals surface area contributed by atoms with Gasteiger partial charge < -0.3 is 6.32 Å². The standard InChI is InChI=1S/Al.Li.HO2P.Ti.2H/c;;1-3-2;;;/h;;(H,1,2);;;/q;+1;;;;-1. The normalized spacial score (nSPS) is 3.50. The predicted octanol–water partition coefficient (Wildman–Crippen LogP) is -3.35. The van der Waals surface area contributed by atoms with Gasteiger partial charge in [0.25, 0.3) is 0 Å². The van der Waals surface area contributed by atoms with E-state index in [0.717, 1.165) is 0 Å². The minimum atomic E-state index is -0.833. The van der Waals surface area contributed by atoms with Gasteiger partial charge in [0.15, 0.2) is 0 Å². The molecule has 6 heavy (non-hydrogen) atoms. The first kappa shape index (κ1) is 24.7. The van der Waals surface area contributed by atoms with Crippen LogP contribution in [0.25, 0.3) is 0 Å². The Kier molecular flexibility index (Phi) is 118. The summed E-state index contributed by atoms with van der Waals surface area (Å²) in [5.74, 6) is 0. The topological polar surface area (TPSA) is 37.3 Å². The molecule has 0 fully saturated rings. The van der Waals surface area contributed by atoms with E-state index in [1.807, 2.05) is 0 Å². The van der Waals surface area contributed by atoms with Crippen molar-refractivity contribution in [1.82, 2.24) is 0 Å². The Morgan fingerprint density at radius 3 is 1.67 bits per heavy atom. The summed E-state index contributed by atoms with van der Waals surface area (Å²) >= 11 is 0. The smallest absolute Gasteiger partial charge is 1.00 e. The molecule has 0 aliphatic rings. The minimum absolute atomic E-state index is 0. The van der Waals surface area contributed by atoms with Crippen molar-refractivity contribution in [3.63, 3.8) is 0 Å². The van der Waals surface area contributed by atoms with E-state index < -0.39 is 8.69 Å². The Bertz CT molecular complexity index is 25.2. The van der Waals surface area contributed by atoms with E-state index in [9.17, 15) is 0 Å². The molecule has 1 N–H and O–H groups in total. The molecule has 0 aliphatic heterocycles. The van der Waals surface area contributed by atoms with Crippen molar-refractivity contribution in [1.29, 1.82) is 0 Å². The van der Waals surface area contributed by atoms with E-state index in [1.165, 1.54) is 0 Å². The molecule has 0 atom stereocenters. The van der Waals surface area contributed by atoms with Crippen LogP contribution in [-0.4, -0.2) is 22.3 Å². The maximum atomic E-state index is 8.46. The average molecular weight is 148 g/mol. The van der Waals surface area contributed by atoms with Crippen LogP contribution in [-0.2, 0) is 26.3 Å². The summed E-state index contributed by atoms with van der Waals surface area (Å²) in [4.78, 5) is 6.99. The molecular weight excluding hydrogens is 145 g/mol. The Balaban J connectivity index is -0.00000000333. The van der Waals surface area contributed by atoms with Crippen LogP contribution in [0.5, 0.6) is 0 Å². The molecule has 0 heterocycles. The first-order valence-corrected chi connectivity index (χ1v) is 1.15. The van der Waals surface area contributed by atoms with Gasteiger partial charge in [0.2, 0.25) is 0 Å². The summed E-state index contributed by atoms with van der Waals surface area (Å²) < 4.78 is 8.46. The van der Waals surface area contributed by atoms with Crippen LogP contribution < -0.4 is 18.9 Å². The summed E-state index contributed by atoms with van der Waals surface area (Å²) in [5, 5.41) is 0. The van der Waals surface area contributed by atoms with Gasteiger partial charge in [-0.3, -0.25) is 0 Å². The van der Waals surface area contributed by atoms with Crippen molar-refractivity contribution in [2.24, 2.45) is 0 Å². The van der Waals surface area contributed by atoms with Crippen LogP contribution in [0.4, 0.5) is 0 Å². The van der Waals surface area contributed by atoms with E-state index in [-0.39, 0.29) is 59.4 Å². The van der Waals surface area contributed by atoms with E-state index in [2.05, 4.69) is 0 Å². The third kappa shape index (κ3) is 39.2. The van der Waals surface area contributed by atoms with Gasteiger partial charge in [-0.1, -0.05) is 0 Å². The second-order valence-corrected chi connectivity index (χ2v) is 0.245. The monoisotopic (exact) mass is 148 g/mol. The largest absolute Gasteiger partial charge is 1.00 e. The average Bonchev–Trinajstić information content (AvgIpc) is 0.918. The molecule has 0 aliphatic carbocycles. The molecular formula is H3AlLiO2PTi. The second kappa shape index (κ2) is 28.5. The van der Waals surface area contributed by atoms with Gasteiger partial charge in [-0.2, -0.15) is 0 Å². The Hall–Kier alpha value is 1.90. The third-order valence-corrected chi connectivity index (χ3v) is 0. The summed E-state index contributed by atoms with van der Waals surface area (Å²) in [5.41, 5.74) is 0. The molecule has 0 amide bonds. The molecule has 2 nitrogen and oxygen atoms in total. The second-order valence-electron chi connectivity index (χ2n) is 0.0816. The summed E-state index contributed by atoms with van der Waals surface area (Å²) in [7, 11) is -0.833. The number of rotatable bonds is 0. The zero-order valence-electron chi connectivity index (χ0n) is 4.51. The molecule has 0 spiro atoms. The van der Waals surface area contributed by atoms with Crippen molar-refractivity contribution in [3.05, 3.63) is 0 Å². The molecule has 6 heteroatoms. The van der Waals surface area contributed by atoms with Crippen LogP contribution in [0.15, 0.2) is 0 Å². The van der Waals surface area contributed by atoms with E-state index in [4.69, 9.17) is 9.46 Å². The molecule has 0 aromatic heterocycles. The van der Waals surface area contributed by atoms with Crippen molar-refractivity contribution in [2.45, 2.75) is 0 Å². The van der Waals surface area contributed by atoms with Crippen LogP contribution in [0, 0.1) is 0 Å². The predicted molar refractivity (Wildman–Crippen MR) is 18.1 cm³/mol. The van der Waals surface area contributed by atoms with Gasteiger partial charge in [0, 0.05) is 21.7 Å². The van der Waals surface area contributed by atoms with Gasteiger partial charge in [-0.15, -0.1) is 0 Å². The fraction of sp³-hybridized carbons (Fsp3) is 0. The van der Waals surface area contributed by atoms with Gasteiger partial charge in [0.1, 0.15) is 0 Å². The first-order valence-electron chi connectivity index (χ1n) is 0.383. The molecule has 0 saturated heterocycles. The fourth-order valence-corrected chi connectivity index (χ4v) is 0. The summed E-state index contributed by atoms with van der Waals surface area (Å²) in [6.45, 7) is 0. The quantitative estimate of drug-likeness (QED) is 0.288. The molecule has 0 saturated carbocycles. The Labute approximate surface area is 77.0 Å². The maximum absolute atomic E-state index is 8.46. The van der Waals surface area contributed by atoms with Crippen LogP contribution in [0.1, 0.15) is 1.43 Å². The molecule has 0 aromatic carbocycles.